The molecule has 33 heavy (non-hydrogen) atoms. The van der Waals surface area contributed by atoms with Gasteiger partial charge in [-0.2, -0.15) is 5.10 Å². The van der Waals surface area contributed by atoms with Gasteiger partial charge in [-0.05, 0) is 48.6 Å². The summed E-state index contributed by atoms with van der Waals surface area (Å²) in [6, 6.07) is 18.3. The lowest BCUT2D eigenvalue weighted by Gasteiger charge is -2.16. The second kappa shape index (κ2) is 9.29. The molecule has 4 aromatic rings. The molecule has 168 valence electrons. The molecule has 0 aliphatic carbocycles. The summed E-state index contributed by atoms with van der Waals surface area (Å²) >= 11 is 1.53. The summed E-state index contributed by atoms with van der Waals surface area (Å²) in [7, 11) is 0. The largest absolute Gasteiger partial charge is 0.347 e. The van der Waals surface area contributed by atoms with Crippen LogP contribution in [0.3, 0.4) is 0 Å². The summed E-state index contributed by atoms with van der Waals surface area (Å²) in [4.78, 5) is 15.0. The van der Waals surface area contributed by atoms with Crippen LogP contribution in [-0.2, 0) is 19.4 Å². The molecule has 0 bridgehead atoms. The molecule has 1 amide bonds. The number of hydrogen-bond acceptors (Lipinski definition) is 4. The highest BCUT2D eigenvalue weighted by molar-refractivity contribution is 7.14. The van der Waals surface area contributed by atoms with Gasteiger partial charge in [0.1, 0.15) is 5.82 Å². The van der Waals surface area contributed by atoms with Crippen LogP contribution in [0.5, 0.6) is 0 Å². The van der Waals surface area contributed by atoms with Crippen LogP contribution in [-0.4, -0.2) is 28.3 Å². The zero-order valence-electron chi connectivity index (χ0n) is 18.1. The third kappa shape index (κ3) is 4.47. The molecule has 0 unspecified atom stereocenters. The van der Waals surface area contributed by atoms with Crippen molar-refractivity contribution in [3.8, 4) is 22.4 Å². The summed E-state index contributed by atoms with van der Waals surface area (Å²) < 4.78 is 15.6. The third-order valence-electron chi connectivity index (χ3n) is 5.98. The monoisotopic (exact) mass is 460 g/mol. The molecule has 2 aromatic carbocycles. The van der Waals surface area contributed by atoms with E-state index in [9.17, 15) is 9.18 Å². The Hall–Kier alpha value is -3.29. The molecule has 7 heteroatoms. The molecule has 5 nitrogen and oxygen atoms in total. The van der Waals surface area contributed by atoms with Crippen LogP contribution in [0.2, 0.25) is 0 Å². The molecule has 0 saturated carbocycles. The average Bonchev–Trinajstić information content (AvgIpc) is 3.40. The molecule has 5 rings (SSSR count). The van der Waals surface area contributed by atoms with Crippen molar-refractivity contribution in [3.05, 3.63) is 88.0 Å². The zero-order chi connectivity index (χ0) is 22.8. The fourth-order valence-electron chi connectivity index (χ4n) is 4.38. The van der Waals surface area contributed by atoms with Gasteiger partial charge < -0.3 is 11.1 Å². The van der Waals surface area contributed by atoms with E-state index in [1.807, 2.05) is 36.5 Å². The number of hydrogen-bond donors (Lipinski definition) is 2. The summed E-state index contributed by atoms with van der Waals surface area (Å²) in [5, 5.41) is 7.68. The lowest BCUT2D eigenvalue weighted by molar-refractivity contribution is 0.0942. The number of aryl methyl sites for hydroxylation is 2. The Morgan fingerprint density at radius 3 is 2.79 bits per heavy atom. The number of amides is 1. The van der Waals surface area contributed by atoms with E-state index in [0.29, 0.717) is 11.3 Å². The minimum atomic E-state index is -0.289. The SMILES string of the molecule is NC[C@H](Cc1cccc(F)c1)NC(=O)c1cc2c(s1)CCCn1ncc(-c3ccccc3)c1-2. The maximum absolute atomic E-state index is 13.5. The van der Waals surface area contributed by atoms with Crippen molar-refractivity contribution in [1.29, 1.82) is 0 Å². The van der Waals surface area contributed by atoms with Crippen molar-refractivity contribution in [2.45, 2.75) is 31.8 Å². The van der Waals surface area contributed by atoms with Gasteiger partial charge in [0.05, 0.1) is 16.8 Å². The molecule has 1 aliphatic heterocycles. The number of nitrogens with one attached hydrogen (secondary N) is 1. The molecule has 0 saturated heterocycles. The van der Waals surface area contributed by atoms with E-state index < -0.39 is 0 Å². The lowest BCUT2D eigenvalue weighted by Crippen LogP contribution is -2.41. The fraction of sp³-hybridized carbons (Fsp3) is 0.231. The molecule has 3 N–H and O–H groups in total. The molecule has 0 fully saturated rings. The molecule has 0 radical (unpaired) electrons. The predicted molar refractivity (Wildman–Crippen MR) is 130 cm³/mol. The smallest absolute Gasteiger partial charge is 0.261 e. The molecule has 3 heterocycles. The van der Waals surface area contributed by atoms with Gasteiger partial charge >= 0.3 is 0 Å². The standard InChI is InChI=1S/C26H25FN4OS/c27-19-9-4-6-17(12-19)13-20(15-28)30-26(32)24-14-21-23(33-24)10-5-11-31-25(21)22(16-29-31)18-7-2-1-3-8-18/h1-4,6-9,12,14,16,20H,5,10-11,13,15,28H2,(H,30,32)/t20-/m0/s1. The molecular formula is C26H25FN4OS. The summed E-state index contributed by atoms with van der Waals surface area (Å²) in [5.41, 5.74) is 11.1. The summed E-state index contributed by atoms with van der Waals surface area (Å²) in [6.07, 6.45) is 4.29. The van der Waals surface area contributed by atoms with Gasteiger partial charge in [-0.1, -0.05) is 42.5 Å². The van der Waals surface area contributed by atoms with Gasteiger partial charge in [0.25, 0.3) is 5.91 Å². The van der Waals surface area contributed by atoms with E-state index >= 15 is 0 Å². The average molecular weight is 461 g/mol. The number of nitrogens with zero attached hydrogens (tertiary/aromatic N) is 2. The number of thiophene rings is 1. The van der Waals surface area contributed by atoms with E-state index in [2.05, 4.69) is 27.2 Å². The fourth-order valence-corrected chi connectivity index (χ4v) is 5.49. The minimum absolute atomic E-state index is 0.146. The molecule has 1 aliphatic rings. The number of fused-ring (bicyclic) bond motifs is 3. The van der Waals surface area contributed by atoms with Crippen LogP contribution in [0.25, 0.3) is 22.4 Å². The quantitative estimate of drug-likeness (QED) is 0.439. The first-order valence-corrected chi connectivity index (χ1v) is 11.9. The van der Waals surface area contributed by atoms with Gasteiger partial charge in [-0.3, -0.25) is 9.48 Å². The van der Waals surface area contributed by atoms with Crippen molar-refractivity contribution in [1.82, 2.24) is 15.1 Å². The van der Waals surface area contributed by atoms with Crippen molar-refractivity contribution in [3.63, 3.8) is 0 Å². The Bertz CT molecular complexity index is 1280. The maximum atomic E-state index is 13.5. The van der Waals surface area contributed by atoms with Gasteiger partial charge in [-0.15, -0.1) is 11.3 Å². The number of nitrogens with two attached hydrogens (primary N) is 1. The topological polar surface area (TPSA) is 72.9 Å². The second-order valence-corrected chi connectivity index (χ2v) is 9.42. The number of carbonyl (C=O) groups excluding carboxylic acids is 1. The van der Waals surface area contributed by atoms with Crippen LogP contribution in [0.4, 0.5) is 4.39 Å². The Balaban J connectivity index is 1.42. The van der Waals surface area contributed by atoms with Crippen molar-refractivity contribution in [2.24, 2.45) is 5.73 Å². The molecule has 1 atom stereocenters. The Labute approximate surface area is 196 Å². The van der Waals surface area contributed by atoms with E-state index in [-0.39, 0.29) is 24.3 Å². The van der Waals surface area contributed by atoms with Crippen molar-refractivity contribution in [2.75, 3.05) is 6.54 Å². The molecule has 2 aromatic heterocycles. The van der Waals surface area contributed by atoms with E-state index in [0.717, 1.165) is 47.3 Å². The third-order valence-corrected chi connectivity index (χ3v) is 7.17. The molecular weight excluding hydrogens is 435 g/mol. The van der Waals surface area contributed by atoms with E-state index in [4.69, 9.17) is 5.73 Å². The van der Waals surface area contributed by atoms with Crippen molar-refractivity contribution >= 4 is 17.2 Å². The summed E-state index contributed by atoms with van der Waals surface area (Å²) in [6.45, 7) is 1.13. The number of carbonyl (C=O) groups is 1. The first-order chi connectivity index (χ1) is 16.1. The number of halogens is 1. The normalized spacial score (nSPS) is 13.6. The highest BCUT2D eigenvalue weighted by Gasteiger charge is 2.25. The Morgan fingerprint density at radius 2 is 2.00 bits per heavy atom. The number of rotatable bonds is 6. The highest BCUT2D eigenvalue weighted by Crippen LogP contribution is 2.40. The van der Waals surface area contributed by atoms with E-state index in [1.54, 1.807) is 6.07 Å². The van der Waals surface area contributed by atoms with Gasteiger partial charge in [0, 0.05) is 35.1 Å². The van der Waals surface area contributed by atoms with Crippen LogP contribution in [0.1, 0.15) is 26.5 Å². The number of benzene rings is 2. The van der Waals surface area contributed by atoms with Crippen LogP contribution >= 0.6 is 11.3 Å². The Kier molecular flexibility index (Phi) is 6.07. The zero-order valence-corrected chi connectivity index (χ0v) is 18.9. The Morgan fingerprint density at radius 1 is 1.15 bits per heavy atom. The summed E-state index contributed by atoms with van der Waals surface area (Å²) in [5.74, 6) is -0.435. The molecule has 0 spiro atoms. The lowest BCUT2D eigenvalue weighted by atomic mass is 10.0. The first-order valence-electron chi connectivity index (χ1n) is 11.1. The van der Waals surface area contributed by atoms with Crippen LogP contribution < -0.4 is 11.1 Å². The minimum Gasteiger partial charge on any atom is -0.347 e. The highest BCUT2D eigenvalue weighted by atomic mass is 32.1. The van der Waals surface area contributed by atoms with Gasteiger partial charge in [-0.25, -0.2) is 4.39 Å². The van der Waals surface area contributed by atoms with Crippen LogP contribution in [0.15, 0.2) is 66.9 Å². The van der Waals surface area contributed by atoms with Gasteiger partial charge in [0.2, 0.25) is 0 Å². The maximum Gasteiger partial charge on any atom is 0.261 e. The van der Waals surface area contributed by atoms with Crippen molar-refractivity contribution < 1.29 is 9.18 Å². The van der Waals surface area contributed by atoms with Crippen LogP contribution in [0, 0.1) is 5.82 Å². The van der Waals surface area contributed by atoms with E-state index in [1.165, 1.54) is 28.3 Å². The first kappa shape index (κ1) is 21.6. The number of aromatic nitrogens is 2. The predicted octanol–water partition coefficient (Wildman–Crippen LogP) is 4.66. The second-order valence-electron chi connectivity index (χ2n) is 8.29. The van der Waals surface area contributed by atoms with Gasteiger partial charge in [0.15, 0.2) is 0 Å².